The molecule has 66 heavy (non-hydrogen) atoms. The number of hydrogen-bond donors (Lipinski definition) is 3. The van der Waals surface area contributed by atoms with Crippen molar-refractivity contribution in [3.8, 4) is 17.6 Å². The topological polar surface area (TPSA) is 157 Å². The van der Waals surface area contributed by atoms with E-state index in [9.17, 15) is 32.8 Å². The molecule has 0 bridgehead atoms. The first-order valence-electron chi connectivity index (χ1n) is 22.4. The molecule has 3 amide bonds. The van der Waals surface area contributed by atoms with Gasteiger partial charge in [0.15, 0.2) is 0 Å². The van der Waals surface area contributed by atoms with Crippen molar-refractivity contribution in [3.63, 3.8) is 0 Å². The molecule has 0 radical (unpaired) electrons. The van der Waals surface area contributed by atoms with Gasteiger partial charge in [-0.25, -0.2) is 0 Å². The summed E-state index contributed by atoms with van der Waals surface area (Å²) in [4.78, 5) is 38.5. The van der Waals surface area contributed by atoms with Crippen LogP contribution < -0.4 is 30.3 Å². The lowest BCUT2D eigenvalue weighted by molar-refractivity contribution is -0.274. The van der Waals surface area contributed by atoms with Crippen LogP contribution >= 0.6 is 0 Å². The van der Waals surface area contributed by atoms with E-state index in [0.717, 1.165) is 88.4 Å². The summed E-state index contributed by atoms with van der Waals surface area (Å²) in [5.74, 6) is 1.22. The fraction of sp³-hybridized carbons (Fsp3) is 0.429. The molecule has 1 saturated heterocycles. The molecular formula is C49H55F3N8O6. The van der Waals surface area contributed by atoms with Crippen LogP contribution in [0, 0.1) is 30.1 Å². The minimum Gasteiger partial charge on any atom is -0.497 e. The molecule has 10 rings (SSSR count). The third-order valence-electron chi connectivity index (χ3n) is 12.2. The monoisotopic (exact) mass is 908 g/mol. The number of methoxy groups -OCH3 is 1. The molecule has 3 aromatic heterocycles. The maximum absolute atomic E-state index is 12.5. The second-order valence-corrected chi connectivity index (χ2v) is 17.8. The summed E-state index contributed by atoms with van der Waals surface area (Å²) in [6.07, 6.45) is -3.14. The van der Waals surface area contributed by atoms with Gasteiger partial charge < -0.3 is 48.8 Å². The van der Waals surface area contributed by atoms with Crippen LogP contribution in [-0.4, -0.2) is 90.8 Å². The molecule has 1 fully saturated rings. The zero-order valence-corrected chi connectivity index (χ0v) is 38.1. The predicted molar refractivity (Wildman–Crippen MR) is 246 cm³/mol. The first kappa shape index (κ1) is 45.9. The number of fused-ring (bicyclic) bond motifs is 9. The first-order chi connectivity index (χ1) is 31.5. The van der Waals surface area contributed by atoms with Gasteiger partial charge in [0.1, 0.15) is 28.6 Å². The molecule has 0 atom stereocenters. The number of alkyl halides is 3. The summed E-state index contributed by atoms with van der Waals surface area (Å²) in [5.41, 5.74) is 9.64. The van der Waals surface area contributed by atoms with E-state index < -0.39 is 6.36 Å². The fourth-order valence-electron chi connectivity index (χ4n) is 9.65. The molecule has 3 N–H and O–H groups in total. The molecule has 0 aliphatic carbocycles. The highest BCUT2D eigenvalue weighted by Crippen LogP contribution is 2.37. The predicted octanol–water partition coefficient (Wildman–Crippen LogP) is 7.48. The molecule has 17 heteroatoms. The summed E-state index contributed by atoms with van der Waals surface area (Å²) in [7, 11) is 1.68. The number of anilines is 1. The quantitative estimate of drug-likeness (QED) is 0.149. The molecule has 4 aliphatic heterocycles. The molecule has 0 unspecified atom stereocenters. The highest BCUT2D eigenvalue weighted by atomic mass is 19.4. The standard InChI is InChI=1S/C17H18N4O2.C16H17F3N2O2.C16H20N2O2/c1-11-13-8-12(10-18)9-14(20-4-6-23-7-5-20)16(13)21-3-2-19-17(22)15(11)21;1-9(2)5-10-6-12(23-16(17,18)19)7-11-8-13-15(22)20-3-4-21(13)14(10)11;1-10(2)6-11-7-13(20-3)8-12-9-14-16(19)17-4-5-18(14)15(11)12/h8-9H,2-7H2,1H3,(H,19,22);6-9H,3-5H2,1-2H3,(H,20,22);7-10H,4-6H2,1-3H3,(H,17,19). The minimum absolute atomic E-state index is 0.0157. The summed E-state index contributed by atoms with van der Waals surface area (Å²) in [6.45, 7) is 17.4. The van der Waals surface area contributed by atoms with Gasteiger partial charge in [0.05, 0.1) is 54.2 Å². The number of carbonyl (C=O) groups is 3. The Morgan fingerprint density at radius 3 is 1.73 bits per heavy atom. The van der Waals surface area contributed by atoms with E-state index in [0.29, 0.717) is 68.4 Å². The van der Waals surface area contributed by atoms with Gasteiger partial charge in [-0.1, -0.05) is 27.7 Å². The Balaban J connectivity index is 0.000000135. The van der Waals surface area contributed by atoms with Crippen molar-refractivity contribution in [1.29, 1.82) is 5.26 Å². The Bertz CT molecular complexity index is 2900. The zero-order valence-electron chi connectivity index (χ0n) is 38.1. The van der Waals surface area contributed by atoms with Crippen LogP contribution in [-0.2, 0) is 37.2 Å². The largest absolute Gasteiger partial charge is 0.573 e. The van der Waals surface area contributed by atoms with Crippen molar-refractivity contribution in [3.05, 3.63) is 87.9 Å². The number of morpholine rings is 1. The molecule has 0 saturated carbocycles. The second kappa shape index (κ2) is 18.7. The number of aromatic nitrogens is 3. The molecular weight excluding hydrogens is 854 g/mol. The zero-order chi connectivity index (χ0) is 47.0. The van der Waals surface area contributed by atoms with E-state index in [2.05, 4.69) is 60.7 Å². The number of nitriles is 1. The second-order valence-electron chi connectivity index (χ2n) is 17.8. The smallest absolute Gasteiger partial charge is 0.497 e. The molecule has 14 nitrogen and oxygen atoms in total. The van der Waals surface area contributed by atoms with Gasteiger partial charge in [0.25, 0.3) is 17.7 Å². The van der Waals surface area contributed by atoms with Crippen LogP contribution in [0.1, 0.15) is 81.4 Å². The van der Waals surface area contributed by atoms with E-state index in [1.54, 1.807) is 13.2 Å². The van der Waals surface area contributed by atoms with Crippen molar-refractivity contribution >= 4 is 56.1 Å². The molecule has 3 aromatic carbocycles. The highest BCUT2D eigenvalue weighted by Gasteiger charge is 2.33. The number of benzene rings is 3. The maximum Gasteiger partial charge on any atom is 0.573 e. The maximum atomic E-state index is 12.5. The van der Waals surface area contributed by atoms with Gasteiger partial charge in [-0.2, -0.15) is 5.26 Å². The lowest BCUT2D eigenvalue weighted by Gasteiger charge is -2.30. The van der Waals surface area contributed by atoms with Crippen LogP contribution in [0.4, 0.5) is 18.9 Å². The third-order valence-corrected chi connectivity index (χ3v) is 12.2. The van der Waals surface area contributed by atoms with Crippen LogP contribution in [0.25, 0.3) is 32.7 Å². The lowest BCUT2D eigenvalue weighted by atomic mass is 10.0. The van der Waals surface area contributed by atoms with E-state index >= 15 is 0 Å². The fourth-order valence-corrected chi connectivity index (χ4v) is 9.65. The molecule has 6 aromatic rings. The van der Waals surface area contributed by atoms with Gasteiger partial charge in [-0.05, 0) is 96.8 Å². The number of rotatable bonds is 7. The molecule has 7 heterocycles. The van der Waals surface area contributed by atoms with E-state index in [-0.39, 0.29) is 29.4 Å². The number of hydrogen-bond acceptors (Lipinski definition) is 8. The van der Waals surface area contributed by atoms with Crippen LogP contribution in [0.3, 0.4) is 0 Å². The number of ether oxygens (including phenoxy) is 3. The Labute approximate surface area is 380 Å². The van der Waals surface area contributed by atoms with Crippen LogP contribution in [0.5, 0.6) is 11.5 Å². The highest BCUT2D eigenvalue weighted by molar-refractivity contribution is 6.06. The Morgan fingerprint density at radius 2 is 1.21 bits per heavy atom. The number of amides is 3. The molecule has 4 aliphatic rings. The Morgan fingerprint density at radius 1 is 0.697 bits per heavy atom. The summed E-state index contributed by atoms with van der Waals surface area (Å²) < 4.78 is 58.6. The van der Waals surface area contributed by atoms with Crippen LogP contribution in [0.2, 0.25) is 0 Å². The van der Waals surface area contributed by atoms with E-state index in [1.165, 1.54) is 23.2 Å². The normalized spacial score (nSPS) is 15.8. The van der Waals surface area contributed by atoms with Gasteiger partial charge in [-0.15, -0.1) is 13.2 Å². The van der Waals surface area contributed by atoms with Crippen molar-refractivity contribution < 1.29 is 41.8 Å². The Kier molecular flexibility index (Phi) is 13.0. The average molecular weight is 909 g/mol. The number of aryl methyl sites for hydroxylation is 1. The molecule has 0 spiro atoms. The third kappa shape index (κ3) is 9.24. The number of nitrogens with zero attached hydrogens (tertiary/aromatic N) is 5. The molecule has 348 valence electrons. The first-order valence-corrected chi connectivity index (χ1v) is 22.4. The van der Waals surface area contributed by atoms with Gasteiger partial charge in [0, 0.05) is 68.5 Å². The van der Waals surface area contributed by atoms with Gasteiger partial charge in [0.2, 0.25) is 0 Å². The van der Waals surface area contributed by atoms with Crippen molar-refractivity contribution in [1.82, 2.24) is 29.7 Å². The summed E-state index contributed by atoms with van der Waals surface area (Å²) >= 11 is 0. The SMILES string of the molecule is CC(C)Cc1cc(OC(F)(F)F)cc2cc3n(c12)CCNC3=O.COc1cc(CC(C)C)c2c(c1)cc1n2CCNC1=O.Cc1c2n(c3c(N4CCOCC4)cc(C#N)cc13)CCNC2=O. The number of carbonyl (C=O) groups excluding carboxylic acids is 3. The van der Waals surface area contributed by atoms with E-state index in [1.807, 2.05) is 49.6 Å². The van der Waals surface area contributed by atoms with Crippen LogP contribution in [0.15, 0.2) is 48.5 Å². The number of halogens is 3. The average Bonchev–Trinajstić information content (AvgIpc) is 3.94. The van der Waals surface area contributed by atoms with E-state index in [4.69, 9.17) is 9.47 Å². The van der Waals surface area contributed by atoms with Gasteiger partial charge in [-0.3, -0.25) is 14.4 Å². The van der Waals surface area contributed by atoms with Crippen molar-refractivity contribution in [2.75, 3.05) is 57.9 Å². The van der Waals surface area contributed by atoms with Crippen molar-refractivity contribution in [2.45, 2.75) is 73.5 Å². The Hall–Kier alpha value is -6.67. The number of nitrogens with one attached hydrogen (secondary N) is 3. The van der Waals surface area contributed by atoms with Gasteiger partial charge >= 0.3 is 6.36 Å². The lowest BCUT2D eigenvalue weighted by Crippen LogP contribution is -2.37. The van der Waals surface area contributed by atoms with Crippen molar-refractivity contribution in [2.24, 2.45) is 11.8 Å². The summed E-state index contributed by atoms with van der Waals surface area (Å²) in [5, 5.41) is 20.6. The summed E-state index contributed by atoms with van der Waals surface area (Å²) in [6, 6.07) is 16.5. The minimum atomic E-state index is -4.74.